The highest BCUT2D eigenvalue weighted by Crippen LogP contribution is 2.23. The first-order chi connectivity index (χ1) is 7.81. The zero-order valence-electron chi connectivity index (χ0n) is 9.44. The van der Waals surface area contributed by atoms with E-state index in [1.165, 1.54) is 0 Å². The number of carbonyl (C=O) groups excluding carboxylic acids is 1. The average Bonchev–Trinajstić information content (AvgIpc) is 2.81. The standard InChI is InChI=1S/C13H16O3/c1-15-13-7-3-2-6-11(13)12(14)9-10-5-4-8-16-10/h2-3,6-7,10H,4-5,8-9H2,1H3. The van der Waals surface area contributed by atoms with Gasteiger partial charge >= 0.3 is 0 Å². The van der Waals surface area contributed by atoms with Gasteiger partial charge in [-0.15, -0.1) is 0 Å². The van der Waals surface area contributed by atoms with Crippen LogP contribution in [-0.2, 0) is 4.74 Å². The molecule has 3 nitrogen and oxygen atoms in total. The normalized spacial score (nSPS) is 19.7. The summed E-state index contributed by atoms with van der Waals surface area (Å²) in [6, 6.07) is 7.33. The smallest absolute Gasteiger partial charge is 0.169 e. The summed E-state index contributed by atoms with van der Waals surface area (Å²) in [6.45, 7) is 0.782. The second-order valence-electron chi connectivity index (χ2n) is 3.96. The third kappa shape index (κ3) is 2.42. The molecule has 0 aliphatic carbocycles. The van der Waals surface area contributed by atoms with Crippen LogP contribution in [0.2, 0.25) is 0 Å². The van der Waals surface area contributed by atoms with E-state index >= 15 is 0 Å². The zero-order valence-corrected chi connectivity index (χ0v) is 9.44. The van der Waals surface area contributed by atoms with Crippen molar-refractivity contribution in [1.29, 1.82) is 0 Å². The fourth-order valence-corrected chi connectivity index (χ4v) is 2.00. The molecule has 0 saturated carbocycles. The maximum atomic E-state index is 12.0. The molecule has 0 aromatic heterocycles. The van der Waals surface area contributed by atoms with Crippen LogP contribution in [0.15, 0.2) is 24.3 Å². The molecular formula is C13H16O3. The van der Waals surface area contributed by atoms with Gasteiger partial charge in [0.25, 0.3) is 0 Å². The van der Waals surface area contributed by atoms with Crippen molar-refractivity contribution in [2.45, 2.75) is 25.4 Å². The van der Waals surface area contributed by atoms with Gasteiger partial charge in [0.15, 0.2) is 5.78 Å². The number of para-hydroxylation sites is 1. The number of benzene rings is 1. The molecule has 1 fully saturated rings. The first-order valence-corrected chi connectivity index (χ1v) is 5.59. The molecule has 1 heterocycles. The predicted molar refractivity (Wildman–Crippen MR) is 60.9 cm³/mol. The third-order valence-corrected chi connectivity index (χ3v) is 2.84. The molecular weight excluding hydrogens is 204 g/mol. The Hall–Kier alpha value is -1.35. The van der Waals surface area contributed by atoms with Crippen LogP contribution >= 0.6 is 0 Å². The van der Waals surface area contributed by atoms with E-state index in [1.54, 1.807) is 13.2 Å². The maximum Gasteiger partial charge on any atom is 0.169 e. The largest absolute Gasteiger partial charge is 0.496 e. The summed E-state index contributed by atoms with van der Waals surface area (Å²) in [6.07, 6.45) is 2.60. The van der Waals surface area contributed by atoms with Gasteiger partial charge in [0.2, 0.25) is 0 Å². The van der Waals surface area contributed by atoms with Crippen molar-refractivity contribution in [3.8, 4) is 5.75 Å². The number of rotatable bonds is 4. The quantitative estimate of drug-likeness (QED) is 0.731. The number of ketones is 1. The van der Waals surface area contributed by atoms with Crippen molar-refractivity contribution in [3.63, 3.8) is 0 Å². The lowest BCUT2D eigenvalue weighted by Crippen LogP contribution is -2.13. The molecule has 86 valence electrons. The monoisotopic (exact) mass is 220 g/mol. The number of Topliss-reactive ketones (excluding diaryl/α,β-unsaturated/α-hetero) is 1. The van der Waals surface area contributed by atoms with Crippen LogP contribution in [0.25, 0.3) is 0 Å². The predicted octanol–water partition coefficient (Wildman–Crippen LogP) is 2.45. The van der Waals surface area contributed by atoms with Crippen LogP contribution in [0, 0.1) is 0 Å². The highest BCUT2D eigenvalue weighted by atomic mass is 16.5. The molecule has 2 rings (SSSR count). The van der Waals surface area contributed by atoms with Gasteiger partial charge in [-0.05, 0) is 25.0 Å². The van der Waals surface area contributed by atoms with Gasteiger partial charge < -0.3 is 9.47 Å². The minimum atomic E-state index is 0.0948. The minimum Gasteiger partial charge on any atom is -0.496 e. The summed E-state index contributed by atoms with van der Waals surface area (Å²) in [7, 11) is 1.58. The molecule has 1 aromatic rings. The Kier molecular flexibility index (Phi) is 3.57. The SMILES string of the molecule is COc1ccccc1C(=O)CC1CCCO1. The van der Waals surface area contributed by atoms with E-state index in [4.69, 9.17) is 9.47 Å². The van der Waals surface area contributed by atoms with Crippen LogP contribution in [0.1, 0.15) is 29.6 Å². The number of hydrogen-bond acceptors (Lipinski definition) is 3. The van der Waals surface area contributed by atoms with Crippen LogP contribution in [0.4, 0.5) is 0 Å². The lowest BCUT2D eigenvalue weighted by Gasteiger charge is -2.10. The molecule has 0 radical (unpaired) electrons. The maximum absolute atomic E-state index is 12.0. The van der Waals surface area contributed by atoms with E-state index in [1.807, 2.05) is 18.2 Å². The molecule has 1 aromatic carbocycles. The van der Waals surface area contributed by atoms with Gasteiger partial charge in [-0.2, -0.15) is 0 Å². The molecule has 1 unspecified atom stereocenters. The Bertz CT molecular complexity index is 367. The number of hydrogen-bond donors (Lipinski definition) is 0. The second-order valence-corrected chi connectivity index (χ2v) is 3.96. The summed E-state index contributed by atoms with van der Waals surface area (Å²) in [5.41, 5.74) is 0.653. The molecule has 1 saturated heterocycles. The second kappa shape index (κ2) is 5.12. The summed E-state index contributed by atoms with van der Waals surface area (Å²) < 4.78 is 10.6. The molecule has 3 heteroatoms. The Morgan fingerprint density at radius 2 is 2.31 bits per heavy atom. The summed E-state index contributed by atoms with van der Waals surface area (Å²) in [5.74, 6) is 0.745. The Labute approximate surface area is 95.4 Å². The van der Waals surface area contributed by atoms with Crippen LogP contribution in [-0.4, -0.2) is 25.6 Å². The van der Waals surface area contributed by atoms with Crippen molar-refractivity contribution in [1.82, 2.24) is 0 Å². The lowest BCUT2D eigenvalue weighted by atomic mass is 10.0. The average molecular weight is 220 g/mol. The number of ether oxygens (including phenoxy) is 2. The van der Waals surface area contributed by atoms with Crippen molar-refractivity contribution < 1.29 is 14.3 Å². The van der Waals surface area contributed by atoms with E-state index in [0.717, 1.165) is 19.4 Å². The fourth-order valence-electron chi connectivity index (χ4n) is 2.00. The van der Waals surface area contributed by atoms with Crippen LogP contribution < -0.4 is 4.74 Å². The first-order valence-electron chi connectivity index (χ1n) is 5.59. The number of methoxy groups -OCH3 is 1. The molecule has 1 aliphatic heterocycles. The molecule has 0 spiro atoms. The van der Waals surface area contributed by atoms with Crippen molar-refractivity contribution in [3.05, 3.63) is 29.8 Å². The van der Waals surface area contributed by atoms with Crippen molar-refractivity contribution in [2.75, 3.05) is 13.7 Å². The number of carbonyl (C=O) groups is 1. The highest BCUT2D eigenvalue weighted by molar-refractivity contribution is 5.98. The fraction of sp³-hybridized carbons (Fsp3) is 0.462. The lowest BCUT2D eigenvalue weighted by molar-refractivity contribution is 0.0773. The Morgan fingerprint density at radius 1 is 1.50 bits per heavy atom. The van der Waals surface area contributed by atoms with Gasteiger partial charge in [-0.25, -0.2) is 0 Å². The van der Waals surface area contributed by atoms with Gasteiger partial charge in [-0.1, -0.05) is 12.1 Å². The molecule has 16 heavy (non-hydrogen) atoms. The summed E-state index contributed by atoms with van der Waals surface area (Å²) in [4.78, 5) is 12.0. The van der Waals surface area contributed by atoms with Gasteiger partial charge in [0.05, 0.1) is 18.8 Å². The molecule has 0 amide bonds. The van der Waals surface area contributed by atoms with E-state index in [9.17, 15) is 4.79 Å². The van der Waals surface area contributed by atoms with Gasteiger partial charge in [-0.3, -0.25) is 4.79 Å². The van der Waals surface area contributed by atoms with Crippen LogP contribution in [0.3, 0.4) is 0 Å². The van der Waals surface area contributed by atoms with Crippen molar-refractivity contribution in [2.24, 2.45) is 0 Å². The molecule has 0 bridgehead atoms. The highest BCUT2D eigenvalue weighted by Gasteiger charge is 2.21. The van der Waals surface area contributed by atoms with E-state index < -0.39 is 0 Å². The van der Waals surface area contributed by atoms with Gasteiger partial charge in [0.1, 0.15) is 5.75 Å². The molecule has 1 aliphatic rings. The van der Waals surface area contributed by atoms with E-state index in [2.05, 4.69) is 0 Å². The third-order valence-electron chi connectivity index (χ3n) is 2.84. The van der Waals surface area contributed by atoms with Gasteiger partial charge in [0, 0.05) is 13.0 Å². The summed E-state index contributed by atoms with van der Waals surface area (Å²) in [5, 5.41) is 0. The molecule has 1 atom stereocenters. The first kappa shape index (κ1) is 11.1. The van der Waals surface area contributed by atoms with Crippen LogP contribution in [0.5, 0.6) is 5.75 Å². The zero-order chi connectivity index (χ0) is 11.4. The summed E-state index contributed by atoms with van der Waals surface area (Å²) >= 11 is 0. The Balaban J connectivity index is 2.07. The minimum absolute atomic E-state index is 0.0948. The molecule has 0 N–H and O–H groups in total. The van der Waals surface area contributed by atoms with Crippen molar-refractivity contribution >= 4 is 5.78 Å². The van der Waals surface area contributed by atoms with E-state index in [0.29, 0.717) is 17.7 Å². The topological polar surface area (TPSA) is 35.5 Å². The Morgan fingerprint density at radius 3 is 3.00 bits per heavy atom. The van der Waals surface area contributed by atoms with E-state index in [-0.39, 0.29) is 11.9 Å².